The van der Waals surface area contributed by atoms with Crippen LogP contribution < -0.4 is 5.32 Å². The van der Waals surface area contributed by atoms with Gasteiger partial charge in [0.2, 0.25) is 5.91 Å². The third-order valence-electron chi connectivity index (χ3n) is 4.88. The Morgan fingerprint density at radius 3 is 2.34 bits per heavy atom. The molecule has 0 radical (unpaired) electrons. The van der Waals surface area contributed by atoms with Gasteiger partial charge in [-0.1, -0.05) is 78.9 Å². The molecule has 1 heterocycles. The van der Waals surface area contributed by atoms with Crippen molar-refractivity contribution in [3.63, 3.8) is 0 Å². The second kappa shape index (κ2) is 9.48. The number of aromatic nitrogens is 1. The molecule has 0 unspecified atom stereocenters. The van der Waals surface area contributed by atoms with Gasteiger partial charge in [-0.2, -0.15) is 0 Å². The van der Waals surface area contributed by atoms with E-state index in [2.05, 4.69) is 71.0 Å². The van der Waals surface area contributed by atoms with E-state index in [0.717, 1.165) is 23.4 Å². The van der Waals surface area contributed by atoms with Gasteiger partial charge in [-0.15, -0.1) is 11.8 Å². The van der Waals surface area contributed by atoms with Gasteiger partial charge in [-0.25, -0.2) is 0 Å². The average Bonchev–Trinajstić information content (AvgIpc) is 3.15. The summed E-state index contributed by atoms with van der Waals surface area (Å²) >= 11 is 1.79. The van der Waals surface area contributed by atoms with E-state index in [1.165, 1.54) is 21.4 Å². The molecular weight excluding hydrogens is 376 g/mol. The molecule has 3 aromatic carbocycles. The van der Waals surface area contributed by atoms with Crippen molar-refractivity contribution in [2.45, 2.75) is 17.7 Å². The largest absolute Gasteiger partial charge is 0.355 e. The highest BCUT2D eigenvalue weighted by molar-refractivity contribution is 7.99. The Hall–Kier alpha value is -2.98. The van der Waals surface area contributed by atoms with Crippen LogP contribution in [0.3, 0.4) is 0 Å². The second-order valence-corrected chi connectivity index (χ2v) is 8.03. The maximum Gasteiger partial charge on any atom is 0.220 e. The summed E-state index contributed by atoms with van der Waals surface area (Å²) in [5.41, 5.74) is 4.66. The maximum atomic E-state index is 12.2. The molecule has 4 rings (SSSR count). The van der Waals surface area contributed by atoms with E-state index in [9.17, 15) is 4.79 Å². The van der Waals surface area contributed by atoms with E-state index in [4.69, 9.17) is 0 Å². The van der Waals surface area contributed by atoms with Crippen molar-refractivity contribution in [2.24, 2.45) is 0 Å². The SMILES string of the molecule is O=C(CCc1ccccc1)NCCSc1c(-c2ccccc2)[nH]c2ccccc12. The molecule has 0 aliphatic rings. The lowest BCUT2D eigenvalue weighted by Crippen LogP contribution is -2.25. The van der Waals surface area contributed by atoms with Gasteiger partial charge in [-0.05, 0) is 23.6 Å². The highest BCUT2D eigenvalue weighted by Crippen LogP contribution is 2.37. The summed E-state index contributed by atoms with van der Waals surface area (Å²) in [6, 6.07) is 28.9. The van der Waals surface area contributed by atoms with E-state index in [1.807, 2.05) is 24.3 Å². The maximum absolute atomic E-state index is 12.2. The fourth-order valence-electron chi connectivity index (χ4n) is 3.41. The molecule has 0 saturated carbocycles. The highest BCUT2D eigenvalue weighted by Gasteiger charge is 2.13. The minimum atomic E-state index is 0.108. The summed E-state index contributed by atoms with van der Waals surface area (Å²) in [4.78, 5) is 17.0. The van der Waals surface area contributed by atoms with Crippen molar-refractivity contribution in [3.05, 3.63) is 90.5 Å². The van der Waals surface area contributed by atoms with Crippen LogP contribution in [0.4, 0.5) is 0 Å². The van der Waals surface area contributed by atoms with Gasteiger partial charge in [0.15, 0.2) is 0 Å². The quantitative estimate of drug-likeness (QED) is 0.295. The van der Waals surface area contributed by atoms with Gasteiger partial charge in [0.05, 0.1) is 5.69 Å². The number of H-pyrrole nitrogens is 1. The molecule has 2 N–H and O–H groups in total. The molecule has 146 valence electrons. The fraction of sp³-hybridized carbons (Fsp3) is 0.160. The topological polar surface area (TPSA) is 44.9 Å². The number of carbonyl (C=O) groups is 1. The number of aryl methyl sites for hydroxylation is 1. The number of carbonyl (C=O) groups excluding carboxylic acids is 1. The Bertz CT molecular complexity index is 1070. The van der Waals surface area contributed by atoms with Gasteiger partial charge in [0.25, 0.3) is 0 Å². The first-order valence-electron chi connectivity index (χ1n) is 9.91. The number of benzene rings is 3. The van der Waals surface area contributed by atoms with Gasteiger partial charge >= 0.3 is 0 Å². The number of hydrogen-bond acceptors (Lipinski definition) is 2. The lowest BCUT2D eigenvalue weighted by molar-refractivity contribution is -0.120. The van der Waals surface area contributed by atoms with Gasteiger partial charge in [0.1, 0.15) is 0 Å². The summed E-state index contributed by atoms with van der Waals surface area (Å²) in [6.45, 7) is 0.659. The molecule has 1 amide bonds. The molecule has 0 fully saturated rings. The van der Waals surface area contributed by atoms with Crippen LogP contribution in [-0.2, 0) is 11.2 Å². The summed E-state index contributed by atoms with van der Waals surface area (Å²) in [5, 5.41) is 4.28. The highest BCUT2D eigenvalue weighted by atomic mass is 32.2. The molecule has 0 bridgehead atoms. The van der Waals surface area contributed by atoms with Crippen molar-refractivity contribution in [1.29, 1.82) is 0 Å². The van der Waals surface area contributed by atoms with E-state index < -0.39 is 0 Å². The van der Waals surface area contributed by atoms with Crippen molar-refractivity contribution in [2.75, 3.05) is 12.3 Å². The molecular formula is C25H24N2OS. The van der Waals surface area contributed by atoms with Crippen molar-refractivity contribution < 1.29 is 4.79 Å². The van der Waals surface area contributed by atoms with Crippen molar-refractivity contribution in [1.82, 2.24) is 10.3 Å². The minimum Gasteiger partial charge on any atom is -0.355 e. The Kier molecular flexibility index (Phi) is 6.32. The van der Waals surface area contributed by atoms with Crippen LogP contribution in [0.25, 0.3) is 22.2 Å². The first-order valence-corrected chi connectivity index (χ1v) is 10.9. The molecule has 4 aromatic rings. The van der Waals surface area contributed by atoms with Crippen molar-refractivity contribution >= 4 is 28.6 Å². The number of nitrogens with one attached hydrogen (secondary N) is 2. The normalized spacial score (nSPS) is 10.9. The third-order valence-corrected chi connectivity index (χ3v) is 6.00. The number of aromatic amines is 1. The summed E-state index contributed by atoms with van der Waals surface area (Å²) in [6.07, 6.45) is 1.30. The summed E-state index contributed by atoms with van der Waals surface area (Å²) in [7, 11) is 0. The zero-order valence-corrected chi connectivity index (χ0v) is 17.0. The molecule has 29 heavy (non-hydrogen) atoms. The van der Waals surface area contributed by atoms with Crippen molar-refractivity contribution in [3.8, 4) is 11.3 Å². The molecule has 0 saturated heterocycles. The lowest BCUT2D eigenvalue weighted by atomic mass is 10.1. The second-order valence-electron chi connectivity index (χ2n) is 6.92. The number of fused-ring (bicyclic) bond motifs is 1. The smallest absolute Gasteiger partial charge is 0.220 e. The van der Waals surface area contributed by atoms with E-state index >= 15 is 0 Å². The molecule has 0 atom stereocenters. The molecule has 3 nitrogen and oxygen atoms in total. The Morgan fingerprint density at radius 2 is 1.55 bits per heavy atom. The first kappa shape index (κ1) is 19.3. The van der Waals surface area contributed by atoms with Crippen LogP contribution in [0.2, 0.25) is 0 Å². The molecule has 0 aliphatic heterocycles. The van der Waals surface area contributed by atoms with Gasteiger partial charge in [-0.3, -0.25) is 4.79 Å². The van der Waals surface area contributed by atoms with Crippen LogP contribution in [0.5, 0.6) is 0 Å². The number of rotatable bonds is 8. The predicted molar refractivity (Wildman–Crippen MR) is 122 cm³/mol. The zero-order valence-electron chi connectivity index (χ0n) is 16.2. The van der Waals surface area contributed by atoms with E-state index in [1.54, 1.807) is 11.8 Å². The first-order chi connectivity index (χ1) is 14.3. The standard InChI is InChI=1S/C25H24N2OS/c28-23(16-15-19-9-3-1-4-10-19)26-17-18-29-25-21-13-7-8-14-22(21)27-24(25)20-11-5-2-6-12-20/h1-14,27H,15-18H2,(H,26,28). The van der Waals surface area contributed by atoms with Gasteiger partial charge in [0, 0.05) is 34.5 Å². The number of hydrogen-bond donors (Lipinski definition) is 2. The lowest BCUT2D eigenvalue weighted by Gasteiger charge is -2.07. The van der Waals surface area contributed by atoms with Crippen LogP contribution in [0.1, 0.15) is 12.0 Å². The average molecular weight is 401 g/mol. The Labute approximate surface area is 175 Å². The van der Waals surface area contributed by atoms with Crippen LogP contribution in [-0.4, -0.2) is 23.2 Å². The number of thioether (sulfide) groups is 1. The predicted octanol–water partition coefficient (Wildman–Crippen LogP) is 5.68. The number of para-hydroxylation sites is 1. The van der Waals surface area contributed by atoms with E-state index in [0.29, 0.717) is 13.0 Å². The Morgan fingerprint density at radius 1 is 0.862 bits per heavy atom. The summed E-state index contributed by atoms with van der Waals surface area (Å²) in [5.74, 6) is 0.940. The molecule has 0 aliphatic carbocycles. The molecule has 1 aromatic heterocycles. The number of amides is 1. The van der Waals surface area contributed by atoms with Crippen LogP contribution in [0.15, 0.2) is 89.8 Å². The monoisotopic (exact) mass is 400 g/mol. The molecule has 4 heteroatoms. The van der Waals surface area contributed by atoms with Crippen LogP contribution >= 0.6 is 11.8 Å². The zero-order chi connectivity index (χ0) is 19.9. The minimum absolute atomic E-state index is 0.108. The van der Waals surface area contributed by atoms with Crippen LogP contribution in [0, 0.1) is 0 Å². The van der Waals surface area contributed by atoms with Gasteiger partial charge < -0.3 is 10.3 Å². The molecule has 0 spiro atoms. The Balaban J connectivity index is 1.36. The third kappa shape index (κ3) is 4.90. The van der Waals surface area contributed by atoms with E-state index in [-0.39, 0.29) is 5.91 Å². The summed E-state index contributed by atoms with van der Waals surface area (Å²) < 4.78 is 0. The fourth-order valence-corrected chi connectivity index (χ4v) is 4.46.